The van der Waals surface area contributed by atoms with Crippen LogP contribution in [-0.2, 0) is 4.79 Å². The standard InChI is InChI=1S/C15H14O4/c1-18-12-8-5-9-13(10-12)19-14(15(16)17)11-6-3-2-4-7-11/h2-10,14H,1H3,(H,16,17). The van der Waals surface area contributed by atoms with Crippen LogP contribution < -0.4 is 9.47 Å². The highest BCUT2D eigenvalue weighted by Crippen LogP contribution is 2.25. The summed E-state index contributed by atoms with van der Waals surface area (Å²) in [5.74, 6) is 0.0410. The lowest BCUT2D eigenvalue weighted by atomic mass is 10.1. The maximum Gasteiger partial charge on any atom is 0.349 e. The lowest BCUT2D eigenvalue weighted by Gasteiger charge is -2.15. The quantitative estimate of drug-likeness (QED) is 0.895. The fourth-order valence-corrected chi connectivity index (χ4v) is 1.70. The first-order valence-corrected chi connectivity index (χ1v) is 5.79. The maximum absolute atomic E-state index is 11.3. The number of carboxylic acids is 1. The Balaban J connectivity index is 2.24. The molecule has 19 heavy (non-hydrogen) atoms. The third-order valence-electron chi connectivity index (χ3n) is 2.62. The molecule has 0 saturated carbocycles. The molecule has 0 bridgehead atoms. The molecule has 2 rings (SSSR count). The lowest BCUT2D eigenvalue weighted by molar-refractivity contribution is -0.145. The van der Waals surface area contributed by atoms with Gasteiger partial charge >= 0.3 is 5.97 Å². The molecule has 0 fully saturated rings. The van der Waals surface area contributed by atoms with Gasteiger partial charge in [0.15, 0.2) is 0 Å². The topological polar surface area (TPSA) is 55.8 Å². The summed E-state index contributed by atoms with van der Waals surface area (Å²) >= 11 is 0. The number of rotatable bonds is 5. The number of ether oxygens (including phenoxy) is 2. The van der Waals surface area contributed by atoms with Gasteiger partial charge in [-0.1, -0.05) is 36.4 Å². The lowest BCUT2D eigenvalue weighted by Crippen LogP contribution is -2.18. The van der Waals surface area contributed by atoms with Crippen LogP contribution in [0, 0.1) is 0 Å². The van der Waals surface area contributed by atoms with Crippen molar-refractivity contribution in [1.82, 2.24) is 0 Å². The Hall–Kier alpha value is -2.49. The van der Waals surface area contributed by atoms with E-state index in [0.717, 1.165) is 0 Å². The number of benzene rings is 2. The highest BCUT2D eigenvalue weighted by Gasteiger charge is 2.21. The van der Waals surface area contributed by atoms with E-state index in [2.05, 4.69) is 0 Å². The number of carbonyl (C=O) groups is 1. The molecule has 98 valence electrons. The fourth-order valence-electron chi connectivity index (χ4n) is 1.70. The van der Waals surface area contributed by atoms with Gasteiger partial charge in [0.2, 0.25) is 6.10 Å². The molecule has 1 unspecified atom stereocenters. The second-order valence-electron chi connectivity index (χ2n) is 3.93. The van der Waals surface area contributed by atoms with Crippen molar-refractivity contribution in [2.45, 2.75) is 6.10 Å². The summed E-state index contributed by atoms with van der Waals surface area (Å²) in [6.45, 7) is 0. The monoisotopic (exact) mass is 258 g/mol. The third kappa shape index (κ3) is 3.25. The van der Waals surface area contributed by atoms with Crippen LogP contribution in [0.1, 0.15) is 11.7 Å². The minimum atomic E-state index is -1.03. The number of methoxy groups -OCH3 is 1. The van der Waals surface area contributed by atoms with Gasteiger partial charge in [0.1, 0.15) is 11.5 Å². The highest BCUT2D eigenvalue weighted by molar-refractivity contribution is 5.74. The van der Waals surface area contributed by atoms with E-state index < -0.39 is 12.1 Å². The molecule has 0 radical (unpaired) electrons. The summed E-state index contributed by atoms with van der Waals surface area (Å²) in [6, 6.07) is 15.7. The van der Waals surface area contributed by atoms with Crippen molar-refractivity contribution in [2.75, 3.05) is 7.11 Å². The van der Waals surface area contributed by atoms with Gasteiger partial charge in [-0.3, -0.25) is 0 Å². The van der Waals surface area contributed by atoms with Gasteiger partial charge in [-0.2, -0.15) is 0 Å². The average molecular weight is 258 g/mol. The second-order valence-corrected chi connectivity index (χ2v) is 3.93. The van der Waals surface area contributed by atoms with Crippen LogP contribution in [0.2, 0.25) is 0 Å². The van der Waals surface area contributed by atoms with Gasteiger partial charge in [-0.05, 0) is 12.1 Å². The van der Waals surface area contributed by atoms with Crippen LogP contribution in [0.5, 0.6) is 11.5 Å². The van der Waals surface area contributed by atoms with Crippen molar-refractivity contribution in [2.24, 2.45) is 0 Å². The van der Waals surface area contributed by atoms with Crippen molar-refractivity contribution >= 4 is 5.97 Å². The first kappa shape index (κ1) is 13.0. The summed E-state index contributed by atoms with van der Waals surface area (Å²) in [5.41, 5.74) is 0.595. The minimum Gasteiger partial charge on any atom is -0.497 e. The minimum absolute atomic E-state index is 0.454. The molecule has 2 aromatic carbocycles. The van der Waals surface area contributed by atoms with Crippen LogP contribution in [0.4, 0.5) is 0 Å². The first-order valence-electron chi connectivity index (χ1n) is 5.79. The molecule has 1 N–H and O–H groups in total. The number of hydrogen-bond donors (Lipinski definition) is 1. The molecule has 0 aliphatic carbocycles. The Morgan fingerprint density at radius 1 is 1.05 bits per heavy atom. The molecule has 0 aliphatic heterocycles. The normalized spacial score (nSPS) is 11.6. The summed E-state index contributed by atoms with van der Waals surface area (Å²) in [4.78, 5) is 11.3. The molecular weight excluding hydrogens is 244 g/mol. The molecular formula is C15H14O4. The van der Waals surface area contributed by atoms with E-state index in [-0.39, 0.29) is 0 Å². The molecule has 1 atom stereocenters. The van der Waals surface area contributed by atoms with Crippen molar-refractivity contribution in [3.8, 4) is 11.5 Å². The average Bonchev–Trinajstić information content (AvgIpc) is 2.45. The fraction of sp³-hybridized carbons (Fsp3) is 0.133. The van der Waals surface area contributed by atoms with Gasteiger partial charge in [0.05, 0.1) is 7.11 Å². The maximum atomic E-state index is 11.3. The molecule has 0 heterocycles. The van der Waals surface area contributed by atoms with E-state index in [0.29, 0.717) is 17.1 Å². The van der Waals surface area contributed by atoms with Gasteiger partial charge in [-0.25, -0.2) is 4.79 Å². The second kappa shape index (κ2) is 5.91. The highest BCUT2D eigenvalue weighted by atomic mass is 16.5. The van der Waals surface area contributed by atoms with Gasteiger partial charge in [0.25, 0.3) is 0 Å². The van der Waals surface area contributed by atoms with Crippen molar-refractivity contribution in [1.29, 1.82) is 0 Å². The predicted octanol–water partition coefficient (Wildman–Crippen LogP) is 2.90. The van der Waals surface area contributed by atoms with E-state index >= 15 is 0 Å². The zero-order valence-corrected chi connectivity index (χ0v) is 10.4. The van der Waals surface area contributed by atoms with Crippen LogP contribution in [0.15, 0.2) is 54.6 Å². The van der Waals surface area contributed by atoms with E-state index in [4.69, 9.17) is 9.47 Å². The Labute approximate surface area is 111 Å². The zero-order chi connectivity index (χ0) is 13.7. The molecule has 4 heteroatoms. The van der Waals surface area contributed by atoms with Crippen molar-refractivity contribution < 1.29 is 19.4 Å². The van der Waals surface area contributed by atoms with E-state index in [9.17, 15) is 9.90 Å². The number of aliphatic carboxylic acids is 1. The summed E-state index contributed by atoms with van der Waals surface area (Å²) < 4.78 is 10.6. The van der Waals surface area contributed by atoms with E-state index in [1.807, 2.05) is 6.07 Å². The predicted molar refractivity (Wildman–Crippen MR) is 70.4 cm³/mol. The van der Waals surface area contributed by atoms with E-state index in [1.165, 1.54) is 0 Å². The summed E-state index contributed by atoms with van der Waals surface area (Å²) in [6.07, 6.45) is -1.03. The third-order valence-corrected chi connectivity index (χ3v) is 2.62. The Morgan fingerprint density at radius 2 is 1.74 bits per heavy atom. The largest absolute Gasteiger partial charge is 0.497 e. The summed E-state index contributed by atoms with van der Waals surface area (Å²) in [5, 5.41) is 9.26. The van der Waals surface area contributed by atoms with Crippen LogP contribution in [-0.4, -0.2) is 18.2 Å². The SMILES string of the molecule is COc1cccc(OC(C(=O)O)c2ccccc2)c1. The molecule has 0 amide bonds. The van der Waals surface area contributed by atoms with Crippen molar-refractivity contribution in [3.05, 3.63) is 60.2 Å². The Bertz CT molecular complexity index is 551. The van der Waals surface area contributed by atoms with Gasteiger partial charge in [-0.15, -0.1) is 0 Å². The number of hydrogen-bond acceptors (Lipinski definition) is 3. The van der Waals surface area contributed by atoms with Crippen LogP contribution in [0.25, 0.3) is 0 Å². The first-order chi connectivity index (χ1) is 9.20. The molecule has 4 nitrogen and oxygen atoms in total. The summed E-state index contributed by atoms with van der Waals surface area (Å²) in [7, 11) is 1.55. The molecule has 0 aliphatic rings. The molecule has 0 saturated heterocycles. The van der Waals surface area contributed by atoms with E-state index in [1.54, 1.807) is 55.6 Å². The van der Waals surface area contributed by atoms with Crippen LogP contribution in [0.3, 0.4) is 0 Å². The molecule has 0 spiro atoms. The Kier molecular flexibility index (Phi) is 4.03. The van der Waals surface area contributed by atoms with Gasteiger partial charge < -0.3 is 14.6 Å². The molecule has 2 aromatic rings. The number of carboxylic acid groups (broad SMARTS) is 1. The smallest absolute Gasteiger partial charge is 0.349 e. The Morgan fingerprint density at radius 3 is 2.37 bits per heavy atom. The zero-order valence-electron chi connectivity index (χ0n) is 10.4. The van der Waals surface area contributed by atoms with Crippen molar-refractivity contribution in [3.63, 3.8) is 0 Å². The van der Waals surface area contributed by atoms with Gasteiger partial charge in [0, 0.05) is 11.6 Å². The molecule has 0 aromatic heterocycles. The van der Waals surface area contributed by atoms with Crippen LogP contribution >= 0.6 is 0 Å².